The second-order valence-electron chi connectivity index (χ2n) is 7.47. The van der Waals surface area contributed by atoms with E-state index in [1.807, 2.05) is 18.2 Å². The number of thiophene rings is 1. The Morgan fingerprint density at radius 1 is 1.07 bits per heavy atom. The van der Waals surface area contributed by atoms with E-state index in [2.05, 4.69) is 51.3 Å². The van der Waals surface area contributed by atoms with Crippen molar-refractivity contribution in [3.63, 3.8) is 0 Å². The normalized spacial score (nSPS) is 15.9. The van der Waals surface area contributed by atoms with Crippen molar-refractivity contribution < 1.29 is 4.79 Å². The smallest absolute Gasteiger partial charge is 0.224 e. The van der Waals surface area contributed by atoms with E-state index in [0.29, 0.717) is 12.3 Å². The van der Waals surface area contributed by atoms with Crippen LogP contribution in [0.25, 0.3) is 10.8 Å². The molecular weight excluding hydrogens is 352 g/mol. The molecule has 0 atom stereocenters. The maximum Gasteiger partial charge on any atom is 0.224 e. The molecule has 3 nitrogen and oxygen atoms in total. The minimum atomic E-state index is 0.132. The average molecular weight is 379 g/mol. The summed E-state index contributed by atoms with van der Waals surface area (Å²) >= 11 is 1.77. The zero-order chi connectivity index (χ0) is 18.5. The van der Waals surface area contributed by atoms with Crippen LogP contribution in [0.5, 0.6) is 0 Å². The molecule has 0 saturated carbocycles. The Kier molecular flexibility index (Phi) is 5.85. The molecule has 2 heterocycles. The number of benzene rings is 2. The van der Waals surface area contributed by atoms with Gasteiger partial charge in [0, 0.05) is 13.1 Å². The lowest BCUT2D eigenvalue weighted by molar-refractivity contribution is -0.120. The van der Waals surface area contributed by atoms with Gasteiger partial charge in [-0.15, -0.1) is 0 Å². The van der Waals surface area contributed by atoms with Gasteiger partial charge in [0.1, 0.15) is 0 Å². The maximum absolute atomic E-state index is 12.5. The summed E-state index contributed by atoms with van der Waals surface area (Å²) in [6.07, 6.45) is 2.79. The van der Waals surface area contributed by atoms with Gasteiger partial charge in [0.15, 0.2) is 0 Å². The topological polar surface area (TPSA) is 32.3 Å². The zero-order valence-electron chi connectivity index (χ0n) is 15.6. The molecule has 2 aromatic carbocycles. The minimum Gasteiger partial charge on any atom is -0.356 e. The number of carbonyl (C=O) groups excluding carboxylic acids is 1. The summed E-state index contributed by atoms with van der Waals surface area (Å²) in [6.45, 7) is 4.11. The second-order valence-corrected chi connectivity index (χ2v) is 8.25. The van der Waals surface area contributed by atoms with Gasteiger partial charge in [-0.2, -0.15) is 11.3 Å². The predicted molar refractivity (Wildman–Crippen MR) is 113 cm³/mol. The second kappa shape index (κ2) is 8.68. The summed E-state index contributed by atoms with van der Waals surface area (Å²) in [5.74, 6) is 0.729. The number of hydrogen-bond donors (Lipinski definition) is 1. The highest BCUT2D eigenvalue weighted by molar-refractivity contribution is 7.07. The van der Waals surface area contributed by atoms with Crippen molar-refractivity contribution in [2.75, 3.05) is 19.6 Å². The number of amides is 1. The molecule has 1 aliphatic heterocycles. The fourth-order valence-electron chi connectivity index (χ4n) is 3.93. The number of hydrogen-bond acceptors (Lipinski definition) is 3. The van der Waals surface area contributed by atoms with Crippen molar-refractivity contribution in [3.8, 4) is 0 Å². The number of nitrogens with one attached hydrogen (secondary N) is 1. The van der Waals surface area contributed by atoms with Crippen molar-refractivity contribution >= 4 is 28.0 Å². The van der Waals surface area contributed by atoms with Crippen LogP contribution in [-0.2, 0) is 17.8 Å². The van der Waals surface area contributed by atoms with Gasteiger partial charge in [-0.25, -0.2) is 0 Å². The molecule has 1 N–H and O–H groups in total. The van der Waals surface area contributed by atoms with E-state index in [1.54, 1.807) is 11.3 Å². The molecule has 0 unspecified atom stereocenters. The SMILES string of the molecule is O=C(Cc1cccc2ccccc12)NCC1CCN(Cc2ccsc2)CC1. The summed E-state index contributed by atoms with van der Waals surface area (Å²) in [4.78, 5) is 15.0. The predicted octanol–water partition coefficient (Wildman–Crippen LogP) is 4.47. The van der Waals surface area contributed by atoms with Crippen molar-refractivity contribution in [2.24, 2.45) is 5.92 Å². The number of fused-ring (bicyclic) bond motifs is 1. The lowest BCUT2D eigenvalue weighted by atomic mass is 9.96. The van der Waals surface area contributed by atoms with E-state index in [-0.39, 0.29) is 5.91 Å². The fraction of sp³-hybridized carbons (Fsp3) is 0.348. The van der Waals surface area contributed by atoms with Crippen LogP contribution in [0.1, 0.15) is 24.0 Å². The quantitative estimate of drug-likeness (QED) is 0.686. The van der Waals surface area contributed by atoms with Crippen LogP contribution >= 0.6 is 11.3 Å². The molecule has 27 heavy (non-hydrogen) atoms. The fourth-order valence-corrected chi connectivity index (χ4v) is 4.59. The molecule has 0 spiro atoms. The van der Waals surface area contributed by atoms with Crippen LogP contribution in [0.3, 0.4) is 0 Å². The van der Waals surface area contributed by atoms with E-state index in [4.69, 9.17) is 0 Å². The van der Waals surface area contributed by atoms with Crippen LogP contribution in [0.2, 0.25) is 0 Å². The van der Waals surface area contributed by atoms with Gasteiger partial charge in [0.2, 0.25) is 5.91 Å². The number of piperidine rings is 1. The summed E-state index contributed by atoms with van der Waals surface area (Å²) in [6, 6.07) is 16.7. The molecule has 3 aromatic rings. The molecule has 4 heteroatoms. The molecular formula is C23H26N2OS. The molecule has 0 bridgehead atoms. The molecule has 140 valence electrons. The summed E-state index contributed by atoms with van der Waals surface area (Å²) < 4.78 is 0. The Morgan fingerprint density at radius 2 is 1.89 bits per heavy atom. The van der Waals surface area contributed by atoms with Crippen LogP contribution in [0, 0.1) is 5.92 Å². The monoisotopic (exact) mass is 378 g/mol. The molecule has 1 amide bonds. The first kappa shape index (κ1) is 18.2. The van der Waals surface area contributed by atoms with Crippen molar-refractivity contribution in [3.05, 3.63) is 70.4 Å². The third-order valence-corrected chi connectivity index (χ3v) is 6.24. The average Bonchev–Trinajstić information content (AvgIpc) is 3.21. The third kappa shape index (κ3) is 4.76. The lowest BCUT2D eigenvalue weighted by Gasteiger charge is -2.31. The summed E-state index contributed by atoms with van der Waals surface area (Å²) in [7, 11) is 0. The number of likely N-dealkylation sites (tertiary alicyclic amines) is 1. The summed E-state index contributed by atoms with van der Waals surface area (Å²) in [5.41, 5.74) is 2.53. The Balaban J connectivity index is 1.24. The Hall–Kier alpha value is -2.17. The molecule has 1 fully saturated rings. The Labute approximate surface area is 165 Å². The molecule has 1 aliphatic rings. The standard InChI is InChI=1S/C23H26N2OS/c26-23(14-21-6-3-5-20-4-1-2-7-22(20)21)24-15-18-8-11-25(12-9-18)16-19-10-13-27-17-19/h1-7,10,13,17-18H,8-9,11-12,14-16H2,(H,24,26). The van der Waals surface area contributed by atoms with Crippen LogP contribution in [0.4, 0.5) is 0 Å². The van der Waals surface area contributed by atoms with E-state index in [9.17, 15) is 4.79 Å². The minimum absolute atomic E-state index is 0.132. The van der Waals surface area contributed by atoms with Crippen LogP contribution in [0.15, 0.2) is 59.3 Å². The first-order valence-corrected chi connectivity index (χ1v) is 10.7. The number of carbonyl (C=O) groups is 1. The van der Waals surface area contributed by atoms with Crippen molar-refractivity contribution in [1.29, 1.82) is 0 Å². The highest BCUT2D eigenvalue weighted by Crippen LogP contribution is 2.20. The molecule has 0 aliphatic carbocycles. The van der Waals surface area contributed by atoms with E-state index in [1.165, 1.54) is 29.2 Å². The first-order chi connectivity index (χ1) is 13.3. The highest BCUT2D eigenvalue weighted by Gasteiger charge is 2.20. The lowest BCUT2D eigenvalue weighted by Crippen LogP contribution is -2.38. The van der Waals surface area contributed by atoms with Gasteiger partial charge < -0.3 is 5.32 Å². The maximum atomic E-state index is 12.5. The van der Waals surface area contributed by atoms with Gasteiger partial charge in [0.05, 0.1) is 6.42 Å². The first-order valence-electron chi connectivity index (χ1n) is 9.75. The molecule has 1 aromatic heterocycles. The Bertz CT molecular complexity index is 877. The van der Waals surface area contributed by atoms with Crippen molar-refractivity contribution in [1.82, 2.24) is 10.2 Å². The molecule has 4 rings (SSSR count). The highest BCUT2D eigenvalue weighted by atomic mass is 32.1. The van der Waals surface area contributed by atoms with Crippen LogP contribution in [-0.4, -0.2) is 30.4 Å². The van der Waals surface area contributed by atoms with E-state index in [0.717, 1.165) is 31.7 Å². The van der Waals surface area contributed by atoms with Crippen molar-refractivity contribution in [2.45, 2.75) is 25.8 Å². The van der Waals surface area contributed by atoms with Gasteiger partial charge in [0.25, 0.3) is 0 Å². The Morgan fingerprint density at radius 3 is 2.70 bits per heavy atom. The van der Waals surface area contributed by atoms with Gasteiger partial charge in [-0.05, 0) is 70.6 Å². The van der Waals surface area contributed by atoms with Gasteiger partial charge in [-0.3, -0.25) is 9.69 Å². The van der Waals surface area contributed by atoms with E-state index < -0.39 is 0 Å². The molecule has 1 saturated heterocycles. The number of rotatable bonds is 6. The van der Waals surface area contributed by atoms with E-state index >= 15 is 0 Å². The van der Waals surface area contributed by atoms with Gasteiger partial charge >= 0.3 is 0 Å². The molecule has 0 radical (unpaired) electrons. The largest absolute Gasteiger partial charge is 0.356 e. The van der Waals surface area contributed by atoms with Crippen LogP contribution < -0.4 is 5.32 Å². The number of nitrogens with zero attached hydrogens (tertiary/aromatic N) is 1. The van der Waals surface area contributed by atoms with Gasteiger partial charge in [-0.1, -0.05) is 42.5 Å². The zero-order valence-corrected chi connectivity index (χ0v) is 16.4. The summed E-state index contributed by atoms with van der Waals surface area (Å²) in [5, 5.41) is 9.93. The third-order valence-electron chi connectivity index (χ3n) is 5.51.